The summed E-state index contributed by atoms with van der Waals surface area (Å²) in [6.45, 7) is 4.72. The number of aliphatic hydroxyl groups excluding tert-OH is 1. The van der Waals surface area contributed by atoms with Gasteiger partial charge >= 0.3 is 0 Å². The third-order valence-corrected chi connectivity index (χ3v) is 3.18. The van der Waals surface area contributed by atoms with Gasteiger partial charge in [-0.1, -0.05) is 26.0 Å². The molecule has 0 aromatic heterocycles. The van der Waals surface area contributed by atoms with Gasteiger partial charge in [0.15, 0.2) is 0 Å². The van der Waals surface area contributed by atoms with E-state index in [0.717, 1.165) is 19.3 Å². The number of aliphatic hydroxyl groups is 1. The molecule has 1 N–H and O–H groups in total. The highest BCUT2D eigenvalue weighted by molar-refractivity contribution is 7.99. The fourth-order valence-electron chi connectivity index (χ4n) is 1.45. The van der Waals surface area contributed by atoms with Crippen LogP contribution in [-0.4, -0.2) is 17.0 Å². The Morgan fingerprint density at radius 1 is 1.13 bits per heavy atom. The molecule has 0 bridgehead atoms. The molecule has 1 aromatic rings. The number of hydrogen-bond acceptors (Lipinski definition) is 2. The second-order valence-electron chi connectivity index (χ2n) is 3.99. The Kier molecular flexibility index (Phi) is 5.81. The first-order valence-electron chi connectivity index (χ1n) is 5.59. The van der Waals surface area contributed by atoms with Gasteiger partial charge in [-0.2, -0.15) is 0 Å². The van der Waals surface area contributed by atoms with Crippen molar-refractivity contribution < 1.29 is 5.11 Å². The molecule has 1 rings (SSSR count). The molecule has 0 unspecified atom stereocenters. The molecule has 0 atom stereocenters. The Balaban J connectivity index is 2.42. The summed E-state index contributed by atoms with van der Waals surface area (Å²) in [4.78, 5) is 1.34. The van der Waals surface area contributed by atoms with Gasteiger partial charge in [-0.25, -0.2) is 0 Å². The van der Waals surface area contributed by atoms with E-state index in [4.69, 9.17) is 5.11 Å². The Bertz CT molecular complexity index is 266. The third-order valence-electron chi connectivity index (χ3n) is 2.17. The van der Waals surface area contributed by atoms with E-state index in [1.807, 2.05) is 11.8 Å². The molecule has 0 aliphatic rings. The van der Waals surface area contributed by atoms with E-state index in [9.17, 15) is 0 Å². The van der Waals surface area contributed by atoms with Crippen LogP contribution in [0, 0.1) is 0 Å². The molecule has 0 radical (unpaired) electrons. The minimum absolute atomic E-state index is 0.307. The minimum atomic E-state index is 0.307. The van der Waals surface area contributed by atoms with Crippen molar-refractivity contribution in [1.82, 2.24) is 0 Å². The summed E-state index contributed by atoms with van der Waals surface area (Å²) >= 11 is 1.90. The van der Waals surface area contributed by atoms with Gasteiger partial charge in [0.2, 0.25) is 0 Å². The Labute approximate surface area is 96.9 Å². The van der Waals surface area contributed by atoms with Crippen molar-refractivity contribution in [2.45, 2.75) is 43.3 Å². The fourth-order valence-corrected chi connectivity index (χ4v) is 2.29. The highest BCUT2D eigenvalue weighted by Gasteiger charge is 1.98. The van der Waals surface area contributed by atoms with Crippen molar-refractivity contribution in [2.24, 2.45) is 0 Å². The van der Waals surface area contributed by atoms with Gasteiger partial charge < -0.3 is 5.11 Å². The summed E-state index contributed by atoms with van der Waals surface area (Å²) in [5.41, 5.74) is 1.37. The molecule has 0 saturated carbocycles. The van der Waals surface area contributed by atoms with E-state index in [-0.39, 0.29) is 0 Å². The summed E-state index contributed by atoms with van der Waals surface area (Å²) in [7, 11) is 0. The van der Waals surface area contributed by atoms with Crippen LogP contribution in [0.3, 0.4) is 0 Å². The van der Waals surface area contributed by atoms with Crippen molar-refractivity contribution in [3.63, 3.8) is 0 Å². The highest BCUT2D eigenvalue weighted by Crippen LogP contribution is 2.23. The highest BCUT2D eigenvalue weighted by atomic mass is 32.2. The van der Waals surface area contributed by atoms with Crippen molar-refractivity contribution >= 4 is 11.8 Å². The molecule has 0 saturated heterocycles. The summed E-state index contributed by atoms with van der Waals surface area (Å²) in [5, 5.41) is 9.33. The van der Waals surface area contributed by atoms with Crippen LogP contribution in [0.5, 0.6) is 0 Å². The molecule has 84 valence electrons. The summed E-state index contributed by atoms with van der Waals surface area (Å²) in [6, 6.07) is 8.78. The van der Waals surface area contributed by atoms with Crippen LogP contribution in [-0.2, 0) is 6.42 Å². The van der Waals surface area contributed by atoms with Gasteiger partial charge in [0.05, 0.1) is 0 Å². The third kappa shape index (κ3) is 5.24. The van der Waals surface area contributed by atoms with Crippen LogP contribution in [0.25, 0.3) is 0 Å². The van der Waals surface area contributed by atoms with E-state index >= 15 is 0 Å². The quantitative estimate of drug-likeness (QED) is 0.589. The van der Waals surface area contributed by atoms with E-state index in [1.54, 1.807) is 0 Å². The van der Waals surface area contributed by atoms with Gasteiger partial charge in [-0.15, -0.1) is 11.8 Å². The largest absolute Gasteiger partial charge is 0.396 e. The number of thioether (sulfide) groups is 1. The molecule has 1 aromatic carbocycles. The maximum Gasteiger partial charge on any atom is 0.0431 e. The summed E-state index contributed by atoms with van der Waals surface area (Å²) < 4.78 is 0. The van der Waals surface area contributed by atoms with Crippen molar-refractivity contribution in [1.29, 1.82) is 0 Å². The second kappa shape index (κ2) is 6.91. The Hall–Kier alpha value is -0.470. The molecule has 2 heteroatoms. The van der Waals surface area contributed by atoms with Crippen LogP contribution in [0.1, 0.15) is 32.3 Å². The standard InChI is InChI=1S/C13H20OS/c1-11(2)15-13-8-6-12(7-9-13)5-3-4-10-14/h6-9,11,14H,3-5,10H2,1-2H3. The maximum absolute atomic E-state index is 8.68. The molecule has 15 heavy (non-hydrogen) atoms. The summed E-state index contributed by atoms with van der Waals surface area (Å²) in [5.74, 6) is 0. The van der Waals surface area contributed by atoms with Crippen LogP contribution in [0.2, 0.25) is 0 Å². The first-order valence-corrected chi connectivity index (χ1v) is 6.47. The van der Waals surface area contributed by atoms with Crippen LogP contribution >= 0.6 is 11.8 Å². The zero-order chi connectivity index (χ0) is 11.1. The first-order chi connectivity index (χ1) is 7.22. The molecule has 0 heterocycles. The van der Waals surface area contributed by atoms with Gasteiger partial charge in [-0.3, -0.25) is 0 Å². The van der Waals surface area contributed by atoms with E-state index < -0.39 is 0 Å². The van der Waals surface area contributed by atoms with Crippen molar-refractivity contribution in [3.05, 3.63) is 29.8 Å². The van der Waals surface area contributed by atoms with Crippen LogP contribution < -0.4 is 0 Å². The molecular weight excluding hydrogens is 204 g/mol. The molecular formula is C13H20OS. The van der Waals surface area contributed by atoms with Crippen LogP contribution in [0.15, 0.2) is 29.2 Å². The number of unbranched alkanes of at least 4 members (excludes halogenated alkanes) is 1. The van der Waals surface area contributed by atoms with E-state index in [2.05, 4.69) is 38.1 Å². The zero-order valence-electron chi connectivity index (χ0n) is 9.57. The SMILES string of the molecule is CC(C)Sc1ccc(CCCCO)cc1. The van der Waals surface area contributed by atoms with Crippen LogP contribution in [0.4, 0.5) is 0 Å². The van der Waals surface area contributed by atoms with Gasteiger partial charge in [0, 0.05) is 16.8 Å². The van der Waals surface area contributed by atoms with Crippen molar-refractivity contribution in [2.75, 3.05) is 6.61 Å². The maximum atomic E-state index is 8.68. The predicted molar refractivity (Wildman–Crippen MR) is 67.5 cm³/mol. The first kappa shape index (κ1) is 12.6. The average molecular weight is 224 g/mol. The molecule has 0 amide bonds. The topological polar surface area (TPSA) is 20.2 Å². The van der Waals surface area contributed by atoms with Gasteiger partial charge in [-0.05, 0) is 37.0 Å². The van der Waals surface area contributed by atoms with Gasteiger partial charge in [0.25, 0.3) is 0 Å². The van der Waals surface area contributed by atoms with Gasteiger partial charge in [0.1, 0.15) is 0 Å². The van der Waals surface area contributed by atoms with E-state index in [0.29, 0.717) is 11.9 Å². The molecule has 0 aliphatic carbocycles. The smallest absolute Gasteiger partial charge is 0.0431 e. The lowest BCUT2D eigenvalue weighted by Crippen LogP contribution is -1.89. The lowest BCUT2D eigenvalue weighted by Gasteiger charge is -2.06. The second-order valence-corrected chi connectivity index (χ2v) is 5.64. The normalized spacial score (nSPS) is 10.9. The Morgan fingerprint density at radius 3 is 2.33 bits per heavy atom. The molecule has 0 spiro atoms. The average Bonchev–Trinajstić information content (AvgIpc) is 2.20. The fraction of sp³-hybridized carbons (Fsp3) is 0.538. The molecule has 0 aliphatic heterocycles. The molecule has 1 nitrogen and oxygen atoms in total. The predicted octanol–water partition coefficient (Wildman–Crippen LogP) is 3.50. The van der Waals surface area contributed by atoms with Crippen molar-refractivity contribution in [3.8, 4) is 0 Å². The lowest BCUT2D eigenvalue weighted by atomic mass is 10.1. The molecule has 0 fully saturated rings. The Morgan fingerprint density at radius 2 is 1.80 bits per heavy atom. The number of rotatable bonds is 6. The monoisotopic (exact) mass is 224 g/mol. The van der Waals surface area contributed by atoms with E-state index in [1.165, 1.54) is 10.5 Å². The number of hydrogen-bond donors (Lipinski definition) is 1. The number of aryl methyl sites for hydroxylation is 1. The lowest BCUT2D eigenvalue weighted by molar-refractivity contribution is 0.284. The minimum Gasteiger partial charge on any atom is -0.396 e. The number of benzene rings is 1. The summed E-state index contributed by atoms with van der Waals surface area (Å²) in [6.07, 6.45) is 3.06. The zero-order valence-corrected chi connectivity index (χ0v) is 10.4.